The second-order valence-corrected chi connectivity index (χ2v) is 3.64. The third kappa shape index (κ3) is 1.31. The van der Waals surface area contributed by atoms with Gasteiger partial charge in [-0.1, -0.05) is 26.0 Å². The predicted octanol–water partition coefficient (Wildman–Crippen LogP) is 2.50. The van der Waals surface area contributed by atoms with Crippen molar-refractivity contribution in [2.24, 2.45) is 0 Å². The van der Waals surface area contributed by atoms with Crippen molar-refractivity contribution < 1.29 is 4.79 Å². The molecule has 0 aliphatic heterocycles. The molecule has 3 heteroatoms. The third-order valence-corrected chi connectivity index (χ3v) is 2.30. The van der Waals surface area contributed by atoms with Crippen LogP contribution in [0.15, 0.2) is 18.2 Å². The number of H-pyrrole nitrogens is 1. The van der Waals surface area contributed by atoms with Crippen LogP contribution in [0.25, 0.3) is 11.0 Å². The average Bonchev–Trinajstić information content (AvgIpc) is 2.59. The van der Waals surface area contributed by atoms with E-state index in [2.05, 4.69) is 23.8 Å². The van der Waals surface area contributed by atoms with Gasteiger partial charge in [0.05, 0.1) is 11.0 Å². The van der Waals surface area contributed by atoms with Gasteiger partial charge in [0, 0.05) is 0 Å². The zero-order chi connectivity index (χ0) is 10.1. The van der Waals surface area contributed by atoms with Crippen molar-refractivity contribution in [1.29, 1.82) is 0 Å². The average molecular weight is 188 g/mol. The van der Waals surface area contributed by atoms with E-state index < -0.39 is 0 Å². The van der Waals surface area contributed by atoms with Crippen LogP contribution < -0.4 is 0 Å². The van der Waals surface area contributed by atoms with Gasteiger partial charge in [-0.2, -0.15) is 0 Å². The zero-order valence-corrected chi connectivity index (χ0v) is 8.24. The Bertz CT molecular complexity index is 471. The van der Waals surface area contributed by atoms with Gasteiger partial charge in [0.25, 0.3) is 0 Å². The second-order valence-electron chi connectivity index (χ2n) is 3.64. The molecule has 14 heavy (non-hydrogen) atoms. The molecular weight excluding hydrogens is 176 g/mol. The maximum absolute atomic E-state index is 10.6. The van der Waals surface area contributed by atoms with Crippen LogP contribution in [0.5, 0.6) is 0 Å². The first-order valence-corrected chi connectivity index (χ1v) is 4.66. The minimum atomic E-state index is 0.396. The SMILES string of the molecule is CC(C)c1cccc2[nH]c(C=O)nc12. The molecule has 0 bridgehead atoms. The van der Waals surface area contributed by atoms with Gasteiger partial charge in [-0.15, -0.1) is 0 Å². The fourth-order valence-corrected chi connectivity index (χ4v) is 1.60. The van der Waals surface area contributed by atoms with Crippen molar-refractivity contribution >= 4 is 17.3 Å². The maximum atomic E-state index is 10.6. The quantitative estimate of drug-likeness (QED) is 0.736. The Morgan fingerprint density at radius 1 is 1.43 bits per heavy atom. The van der Waals surface area contributed by atoms with E-state index in [0.717, 1.165) is 17.3 Å². The molecule has 1 N–H and O–H groups in total. The molecule has 1 heterocycles. The lowest BCUT2D eigenvalue weighted by molar-refractivity contribution is 0.111. The number of aromatic amines is 1. The van der Waals surface area contributed by atoms with Crippen LogP contribution in [0, 0.1) is 0 Å². The van der Waals surface area contributed by atoms with Gasteiger partial charge < -0.3 is 4.98 Å². The van der Waals surface area contributed by atoms with Crippen molar-refractivity contribution in [2.75, 3.05) is 0 Å². The fraction of sp³-hybridized carbons (Fsp3) is 0.273. The number of nitrogens with one attached hydrogen (secondary N) is 1. The molecule has 0 aliphatic carbocycles. The molecule has 1 aromatic heterocycles. The van der Waals surface area contributed by atoms with Gasteiger partial charge in [0.2, 0.25) is 0 Å². The van der Waals surface area contributed by atoms with E-state index >= 15 is 0 Å². The van der Waals surface area contributed by atoms with Crippen LogP contribution in [-0.2, 0) is 0 Å². The summed E-state index contributed by atoms with van der Waals surface area (Å²) < 4.78 is 0. The Labute approximate surface area is 82.2 Å². The predicted molar refractivity (Wildman–Crippen MR) is 55.6 cm³/mol. The minimum Gasteiger partial charge on any atom is -0.336 e. The van der Waals surface area contributed by atoms with E-state index in [1.54, 1.807) is 0 Å². The van der Waals surface area contributed by atoms with Crippen molar-refractivity contribution in [2.45, 2.75) is 19.8 Å². The van der Waals surface area contributed by atoms with Crippen molar-refractivity contribution in [3.63, 3.8) is 0 Å². The van der Waals surface area contributed by atoms with Crippen LogP contribution >= 0.6 is 0 Å². The van der Waals surface area contributed by atoms with Crippen LogP contribution in [0.2, 0.25) is 0 Å². The van der Waals surface area contributed by atoms with Crippen LogP contribution in [0.4, 0.5) is 0 Å². The Kier molecular flexibility index (Phi) is 2.08. The first kappa shape index (κ1) is 8.94. The molecule has 0 atom stereocenters. The molecule has 2 rings (SSSR count). The highest BCUT2D eigenvalue weighted by Crippen LogP contribution is 2.22. The number of carbonyl (C=O) groups is 1. The van der Waals surface area contributed by atoms with Crippen LogP contribution in [-0.4, -0.2) is 16.3 Å². The van der Waals surface area contributed by atoms with E-state index in [1.807, 2.05) is 18.2 Å². The molecule has 1 aromatic carbocycles. The third-order valence-electron chi connectivity index (χ3n) is 2.30. The van der Waals surface area contributed by atoms with Gasteiger partial charge in [-0.25, -0.2) is 4.98 Å². The molecule has 0 saturated carbocycles. The summed E-state index contributed by atoms with van der Waals surface area (Å²) in [6.45, 7) is 4.23. The lowest BCUT2D eigenvalue weighted by Crippen LogP contribution is -1.88. The van der Waals surface area contributed by atoms with E-state index in [0.29, 0.717) is 11.7 Å². The molecule has 0 radical (unpaired) electrons. The summed E-state index contributed by atoms with van der Waals surface area (Å²) in [4.78, 5) is 17.8. The zero-order valence-electron chi connectivity index (χ0n) is 8.24. The normalized spacial score (nSPS) is 11.1. The monoisotopic (exact) mass is 188 g/mol. The Morgan fingerprint density at radius 3 is 2.86 bits per heavy atom. The Balaban J connectivity index is 2.72. The molecule has 0 saturated heterocycles. The van der Waals surface area contributed by atoms with Gasteiger partial charge in [0.1, 0.15) is 0 Å². The number of nitrogens with zero attached hydrogens (tertiary/aromatic N) is 1. The van der Waals surface area contributed by atoms with Gasteiger partial charge in [-0.05, 0) is 17.5 Å². The van der Waals surface area contributed by atoms with Gasteiger partial charge >= 0.3 is 0 Å². The molecule has 3 nitrogen and oxygen atoms in total. The summed E-state index contributed by atoms with van der Waals surface area (Å²) in [7, 11) is 0. The number of carbonyl (C=O) groups excluding carboxylic acids is 1. The highest BCUT2D eigenvalue weighted by Gasteiger charge is 2.08. The largest absolute Gasteiger partial charge is 0.336 e. The number of aromatic nitrogens is 2. The minimum absolute atomic E-state index is 0.396. The summed E-state index contributed by atoms with van der Waals surface area (Å²) in [5, 5.41) is 0. The van der Waals surface area contributed by atoms with Crippen molar-refractivity contribution in [1.82, 2.24) is 9.97 Å². The standard InChI is InChI=1S/C11H12N2O/c1-7(2)8-4-3-5-9-11(8)13-10(6-14)12-9/h3-7H,1-2H3,(H,12,13). The molecule has 0 unspecified atom stereocenters. The number of para-hydroxylation sites is 1. The molecule has 2 aromatic rings. The molecular formula is C11H12N2O. The number of hydrogen-bond donors (Lipinski definition) is 1. The number of hydrogen-bond acceptors (Lipinski definition) is 2. The molecule has 0 amide bonds. The van der Waals surface area contributed by atoms with Gasteiger partial charge in [-0.3, -0.25) is 4.79 Å². The summed E-state index contributed by atoms with van der Waals surface area (Å²) in [6, 6.07) is 5.95. The lowest BCUT2D eigenvalue weighted by Gasteiger charge is -2.04. The van der Waals surface area contributed by atoms with Crippen molar-refractivity contribution in [3.8, 4) is 0 Å². The smallest absolute Gasteiger partial charge is 0.185 e. The summed E-state index contributed by atoms with van der Waals surface area (Å²) >= 11 is 0. The van der Waals surface area contributed by atoms with E-state index in [1.165, 1.54) is 5.56 Å². The molecule has 0 fully saturated rings. The summed E-state index contributed by atoms with van der Waals surface area (Å²) in [6.07, 6.45) is 0.740. The highest BCUT2D eigenvalue weighted by molar-refractivity contribution is 5.84. The second kappa shape index (κ2) is 3.25. The van der Waals surface area contributed by atoms with E-state index in [-0.39, 0.29) is 0 Å². The maximum Gasteiger partial charge on any atom is 0.185 e. The first-order valence-electron chi connectivity index (χ1n) is 4.66. The fourth-order valence-electron chi connectivity index (χ4n) is 1.60. The number of imidazole rings is 1. The lowest BCUT2D eigenvalue weighted by atomic mass is 10.0. The van der Waals surface area contributed by atoms with E-state index in [9.17, 15) is 4.79 Å². The number of aldehydes is 1. The molecule has 72 valence electrons. The Hall–Kier alpha value is -1.64. The van der Waals surface area contributed by atoms with E-state index in [4.69, 9.17) is 0 Å². The van der Waals surface area contributed by atoms with Crippen LogP contribution in [0.3, 0.4) is 0 Å². The summed E-state index contributed by atoms with van der Waals surface area (Å²) in [5.41, 5.74) is 3.01. The Morgan fingerprint density at radius 2 is 2.21 bits per heavy atom. The van der Waals surface area contributed by atoms with Crippen molar-refractivity contribution in [3.05, 3.63) is 29.6 Å². The molecule has 0 aliphatic rings. The highest BCUT2D eigenvalue weighted by atomic mass is 16.1. The number of rotatable bonds is 2. The first-order chi connectivity index (χ1) is 6.72. The molecule has 0 spiro atoms. The number of benzene rings is 1. The van der Waals surface area contributed by atoms with Crippen LogP contribution in [0.1, 0.15) is 35.9 Å². The van der Waals surface area contributed by atoms with Gasteiger partial charge in [0.15, 0.2) is 12.1 Å². The number of fused-ring (bicyclic) bond motifs is 1. The summed E-state index contributed by atoms with van der Waals surface area (Å²) in [5.74, 6) is 0.814. The topological polar surface area (TPSA) is 45.8 Å².